The fourth-order valence-corrected chi connectivity index (χ4v) is 2.28. The molecule has 0 saturated heterocycles. The van der Waals surface area contributed by atoms with Gasteiger partial charge in [-0.05, 0) is 37.1 Å². The van der Waals surface area contributed by atoms with Gasteiger partial charge in [0.25, 0.3) is 5.56 Å². The van der Waals surface area contributed by atoms with Crippen molar-refractivity contribution in [3.8, 4) is 5.75 Å². The average Bonchev–Trinajstić information content (AvgIpc) is 2.51. The summed E-state index contributed by atoms with van der Waals surface area (Å²) in [5.74, 6) is 0.845. The third kappa shape index (κ3) is 3.88. The highest BCUT2D eigenvalue weighted by Gasteiger charge is 2.07. The number of aryl methyl sites for hydroxylation is 1. The Morgan fingerprint density at radius 3 is 2.81 bits per heavy atom. The monoisotopic (exact) mass is 286 g/mol. The number of ether oxygens (including phenoxy) is 1. The first kappa shape index (κ1) is 15.2. The number of methoxy groups -OCH3 is 1. The Morgan fingerprint density at radius 2 is 2.10 bits per heavy atom. The highest BCUT2D eigenvalue weighted by Crippen LogP contribution is 2.22. The number of aromatic nitrogens is 1. The molecule has 112 valence electrons. The molecule has 0 saturated carbocycles. The lowest BCUT2D eigenvalue weighted by Gasteiger charge is -2.17. The van der Waals surface area contributed by atoms with Gasteiger partial charge >= 0.3 is 0 Å². The molecule has 2 rings (SSSR count). The Morgan fingerprint density at radius 1 is 1.29 bits per heavy atom. The van der Waals surface area contributed by atoms with E-state index in [4.69, 9.17) is 4.74 Å². The lowest BCUT2D eigenvalue weighted by atomic mass is 10.1. The molecule has 1 aromatic carbocycles. The van der Waals surface area contributed by atoms with Crippen LogP contribution in [0.25, 0.3) is 0 Å². The maximum absolute atomic E-state index is 11.7. The van der Waals surface area contributed by atoms with Gasteiger partial charge in [-0.2, -0.15) is 0 Å². The molecule has 0 radical (unpaired) electrons. The second-order valence-corrected chi connectivity index (χ2v) is 5.09. The average molecular weight is 286 g/mol. The van der Waals surface area contributed by atoms with Crippen LogP contribution in [0.15, 0.2) is 47.4 Å². The topological polar surface area (TPSA) is 43.3 Å². The zero-order chi connectivity index (χ0) is 15.2. The number of hydrogen-bond donors (Lipinski definition) is 1. The number of rotatable bonds is 6. The maximum Gasteiger partial charge on any atom is 0.250 e. The maximum atomic E-state index is 11.7. The Hall–Kier alpha value is -2.23. The summed E-state index contributed by atoms with van der Waals surface area (Å²) in [5.41, 5.74) is 2.12. The van der Waals surface area contributed by atoms with E-state index in [0.717, 1.165) is 30.0 Å². The molecule has 2 aromatic rings. The Balaban J connectivity index is 2.16. The van der Waals surface area contributed by atoms with Crippen molar-refractivity contribution in [1.82, 2.24) is 4.57 Å². The molecule has 0 aliphatic carbocycles. The van der Waals surface area contributed by atoms with Crippen molar-refractivity contribution in [2.45, 2.75) is 32.9 Å². The largest absolute Gasteiger partial charge is 0.497 e. The Bertz CT molecular complexity index is 649. The van der Waals surface area contributed by atoms with E-state index in [9.17, 15) is 4.79 Å². The molecule has 1 N–H and O–H groups in total. The number of nitrogens with zero attached hydrogens (tertiary/aromatic N) is 1. The number of hydrogen-bond acceptors (Lipinski definition) is 3. The van der Waals surface area contributed by atoms with Crippen LogP contribution in [0.3, 0.4) is 0 Å². The molecule has 0 spiro atoms. The molecule has 0 bridgehead atoms. The first-order valence-electron chi connectivity index (χ1n) is 7.25. The van der Waals surface area contributed by atoms with E-state index in [1.807, 2.05) is 30.5 Å². The van der Waals surface area contributed by atoms with Crippen LogP contribution in [-0.2, 0) is 6.54 Å². The van der Waals surface area contributed by atoms with E-state index in [2.05, 4.69) is 25.2 Å². The van der Waals surface area contributed by atoms with Gasteiger partial charge in [-0.15, -0.1) is 0 Å². The normalized spacial score (nSPS) is 12.0. The molecule has 1 heterocycles. The highest BCUT2D eigenvalue weighted by molar-refractivity contribution is 5.44. The van der Waals surface area contributed by atoms with Crippen molar-refractivity contribution in [2.75, 3.05) is 12.4 Å². The molecule has 1 atom stereocenters. The first-order valence-corrected chi connectivity index (χ1v) is 7.25. The number of benzene rings is 1. The van der Waals surface area contributed by atoms with Gasteiger partial charge in [0.15, 0.2) is 0 Å². The van der Waals surface area contributed by atoms with E-state index in [1.54, 1.807) is 17.7 Å². The number of nitrogens with one attached hydrogen (secondary N) is 1. The molecule has 0 aliphatic rings. The minimum absolute atomic E-state index is 0.0384. The van der Waals surface area contributed by atoms with Gasteiger partial charge in [0.1, 0.15) is 5.75 Å². The second-order valence-electron chi connectivity index (χ2n) is 5.09. The molecule has 1 aromatic heterocycles. The molecule has 4 heteroatoms. The van der Waals surface area contributed by atoms with Gasteiger partial charge in [-0.25, -0.2) is 0 Å². The minimum atomic E-state index is 0.0384. The molecular weight excluding hydrogens is 264 g/mol. The van der Waals surface area contributed by atoms with Gasteiger partial charge in [-0.3, -0.25) is 4.79 Å². The van der Waals surface area contributed by atoms with Crippen LogP contribution in [0.5, 0.6) is 5.75 Å². The van der Waals surface area contributed by atoms with Crippen molar-refractivity contribution < 1.29 is 4.74 Å². The predicted molar refractivity (Wildman–Crippen MR) is 86.0 cm³/mol. The summed E-state index contributed by atoms with van der Waals surface area (Å²) in [6.07, 6.45) is 2.82. The molecule has 4 nitrogen and oxygen atoms in total. The SMILES string of the molecule is CCCn1cc(NC(C)c2cccc(OC)c2)ccc1=O. The van der Waals surface area contributed by atoms with Crippen LogP contribution in [0, 0.1) is 0 Å². The lowest BCUT2D eigenvalue weighted by Crippen LogP contribution is -2.19. The fraction of sp³-hybridized carbons (Fsp3) is 0.353. The zero-order valence-corrected chi connectivity index (χ0v) is 12.8. The Kier molecular flexibility index (Phi) is 5.04. The summed E-state index contributed by atoms with van der Waals surface area (Å²) in [7, 11) is 1.66. The van der Waals surface area contributed by atoms with Crippen LogP contribution in [-0.4, -0.2) is 11.7 Å². The third-order valence-electron chi connectivity index (χ3n) is 3.42. The van der Waals surface area contributed by atoms with Gasteiger partial charge in [0, 0.05) is 24.8 Å². The van der Waals surface area contributed by atoms with E-state index in [1.165, 1.54) is 0 Å². The quantitative estimate of drug-likeness (QED) is 0.884. The summed E-state index contributed by atoms with van der Waals surface area (Å²) >= 11 is 0. The zero-order valence-electron chi connectivity index (χ0n) is 12.8. The van der Waals surface area contributed by atoms with Gasteiger partial charge in [-0.1, -0.05) is 19.1 Å². The minimum Gasteiger partial charge on any atom is -0.497 e. The summed E-state index contributed by atoms with van der Waals surface area (Å²) in [5, 5.41) is 3.42. The smallest absolute Gasteiger partial charge is 0.250 e. The second kappa shape index (κ2) is 6.97. The summed E-state index contributed by atoms with van der Waals surface area (Å²) < 4.78 is 6.99. The number of anilines is 1. The summed E-state index contributed by atoms with van der Waals surface area (Å²) in [6, 6.07) is 11.5. The predicted octanol–water partition coefficient (Wildman–Crippen LogP) is 3.44. The van der Waals surface area contributed by atoms with Crippen LogP contribution in [0.4, 0.5) is 5.69 Å². The van der Waals surface area contributed by atoms with E-state index < -0.39 is 0 Å². The van der Waals surface area contributed by atoms with Crippen molar-refractivity contribution in [1.29, 1.82) is 0 Å². The standard InChI is InChI=1S/C17H22N2O2/c1-4-10-19-12-15(8-9-17(19)20)18-13(2)14-6-5-7-16(11-14)21-3/h5-9,11-13,18H,4,10H2,1-3H3. The van der Waals surface area contributed by atoms with E-state index in [0.29, 0.717) is 0 Å². The van der Waals surface area contributed by atoms with Crippen molar-refractivity contribution in [3.63, 3.8) is 0 Å². The first-order chi connectivity index (χ1) is 10.1. The molecule has 0 aliphatic heterocycles. The third-order valence-corrected chi connectivity index (χ3v) is 3.42. The molecule has 0 amide bonds. The molecular formula is C17H22N2O2. The van der Waals surface area contributed by atoms with Crippen LogP contribution >= 0.6 is 0 Å². The van der Waals surface area contributed by atoms with Crippen molar-refractivity contribution in [2.24, 2.45) is 0 Å². The molecule has 1 unspecified atom stereocenters. The van der Waals surface area contributed by atoms with Gasteiger partial charge in [0.2, 0.25) is 0 Å². The molecule has 0 fully saturated rings. The van der Waals surface area contributed by atoms with Crippen LogP contribution < -0.4 is 15.6 Å². The Labute approximate surface area is 125 Å². The van der Waals surface area contributed by atoms with E-state index in [-0.39, 0.29) is 11.6 Å². The van der Waals surface area contributed by atoms with E-state index >= 15 is 0 Å². The summed E-state index contributed by atoms with van der Waals surface area (Å²) in [6.45, 7) is 4.89. The van der Waals surface area contributed by atoms with Crippen molar-refractivity contribution >= 4 is 5.69 Å². The van der Waals surface area contributed by atoms with Crippen LogP contribution in [0.2, 0.25) is 0 Å². The molecule has 21 heavy (non-hydrogen) atoms. The van der Waals surface area contributed by atoms with Crippen molar-refractivity contribution in [3.05, 3.63) is 58.5 Å². The lowest BCUT2D eigenvalue weighted by molar-refractivity contribution is 0.414. The summed E-state index contributed by atoms with van der Waals surface area (Å²) in [4.78, 5) is 11.7. The number of pyridine rings is 1. The fourth-order valence-electron chi connectivity index (χ4n) is 2.28. The van der Waals surface area contributed by atoms with Gasteiger partial charge < -0.3 is 14.6 Å². The highest BCUT2D eigenvalue weighted by atomic mass is 16.5. The van der Waals surface area contributed by atoms with Gasteiger partial charge in [0.05, 0.1) is 12.8 Å². The van der Waals surface area contributed by atoms with Crippen LogP contribution in [0.1, 0.15) is 31.9 Å².